The van der Waals surface area contributed by atoms with Gasteiger partial charge in [0.2, 0.25) is 0 Å². The summed E-state index contributed by atoms with van der Waals surface area (Å²) in [7, 11) is 0. The van der Waals surface area contributed by atoms with Crippen LogP contribution in [0.4, 0.5) is 0 Å². The van der Waals surface area contributed by atoms with Crippen molar-refractivity contribution in [3.05, 3.63) is 0 Å². The average molecular weight is 144 g/mol. The first-order valence-corrected chi connectivity index (χ1v) is 3.52. The van der Waals surface area contributed by atoms with Gasteiger partial charge in [-0.15, -0.1) is 0 Å². The van der Waals surface area contributed by atoms with Crippen LogP contribution in [0.5, 0.6) is 0 Å². The molecule has 2 N–H and O–H groups in total. The second kappa shape index (κ2) is 3.32. The molecule has 3 heteroatoms. The van der Waals surface area contributed by atoms with E-state index in [0.29, 0.717) is 12.1 Å². The lowest BCUT2D eigenvalue weighted by Crippen LogP contribution is -2.47. The van der Waals surface area contributed by atoms with Crippen molar-refractivity contribution in [1.29, 1.82) is 0 Å². The molecule has 60 valence electrons. The molecule has 2 rings (SSSR count). The summed E-state index contributed by atoms with van der Waals surface area (Å²) in [6, 6.07) is 0.582. The van der Waals surface area contributed by atoms with Gasteiger partial charge < -0.3 is 15.4 Å². The smallest absolute Gasteiger partial charge is 0.0865 e. The maximum atomic E-state index is 5.48. The summed E-state index contributed by atoms with van der Waals surface area (Å²) >= 11 is 0. The van der Waals surface area contributed by atoms with E-state index in [2.05, 4.69) is 10.6 Å². The molecule has 0 spiro atoms. The fourth-order valence-electron chi connectivity index (χ4n) is 1.49. The summed E-state index contributed by atoms with van der Waals surface area (Å²) in [6.07, 6.45) is 0.443. The Labute approximate surface area is 62.1 Å². The molecule has 2 fully saturated rings. The highest BCUT2D eigenvalue weighted by Crippen LogP contribution is 2.07. The lowest BCUT2D eigenvalue weighted by Gasteiger charge is -2.25. The highest BCUT2D eigenvalue weighted by atomic mass is 16.5. The number of hydrogen-bond donors (Lipinski definition) is 2. The SMILES string of the molecule is C.C1CO[C@H]2CNC[C@@H]2N1. The van der Waals surface area contributed by atoms with Crippen LogP contribution in [-0.2, 0) is 4.74 Å². The molecule has 2 aliphatic heterocycles. The molecule has 0 aromatic heterocycles. The lowest BCUT2D eigenvalue weighted by atomic mass is 10.2. The van der Waals surface area contributed by atoms with Gasteiger partial charge >= 0.3 is 0 Å². The minimum Gasteiger partial charge on any atom is -0.374 e. The van der Waals surface area contributed by atoms with Gasteiger partial charge in [0.1, 0.15) is 0 Å². The van der Waals surface area contributed by atoms with E-state index in [1.54, 1.807) is 0 Å². The topological polar surface area (TPSA) is 33.3 Å². The summed E-state index contributed by atoms with van der Waals surface area (Å²) in [6.45, 7) is 3.99. The molecule has 2 atom stereocenters. The third kappa shape index (κ3) is 1.31. The third-order valence-electron chi connectivity index (χ3n) is 2.00. The Morgan fingerprint density at radius 1 is 1.30 bits per heavy atom. The van der Waals surface area contributed by atoms with E-state index < -0.39 is 0 Å². The molecule has 0 aliphatic carbocycles. The molecule has 10 heavy (non-hydrogen) atoms. The van der Waals surface area contributed by atoms with E-state index in [9.17, 15) is 0 Å². The average Bonchev–Trinajstić information content (AvgIpc) is 2.33. The van der Waals surface area contributed by atoms with Crippen molar-refractivity contribution in [3.63, 3.8) is 0 Å². The van der Waals surface area contributed by atoms with Crippen molar-refractivity contribution in [1.82, 2.24) is 10.6 Å². The summed E-state index contributed by atoms with van der Waals surface area (Å²) < 4.78 is 5.48. The highest BCUT2D eigenvalue weighted by Gasteiger charge is 2.29. The van der Waals surface area contributed by atoms with Gasteiger partial charge in [0.25, 0.3) is 0 Å². The molecule has 0 amide bonds. The number of nitrogens with one attached hydrogen (secondary N) is 2. The maximum absolute atomic E-state index is 5.48. The van der Waals surface area contributed by atoms with Crippen LogP contribution >= 0.6 is 0 Å². The van der Waals surface area contributed by atoms with Crippen LogP contribution < -0.4 is 10.6 Å². The molecule has 0 aromatic carbocycles. The minimum atomic E-state index is 0. The van der Waals surface area contributed by atoms with Crippen molar-refractivity contribution < 1.29 is 4.74 Å². The third-order valence-corrected chi connectivity index (χ3v) is 2.00. The molecule has 0 unspecified atom stereocenters. The van der Waals surface area contributed by atoms with Crippen LogP contribution in [0.3, 0.4) is 0 Å². The van der Waals surface area contributed by atoms with Crippen LogP contribution in [0.15, 0.2) is 0 Å². The Balaban J connectivity index is 0.000000500. The van der Waals surface area contributed by atoms with Crippen molar-refractivity contribution >= 4 is 0 Å². The lowest BCUT2D eigenvalue weighted by molar-refractivity contribution is 0.0207. The second-order valence-corrected chi connectivity index (χ2v) is 2.63. The molecule has 0 aromatic rings. The fraction of sp³-hybridized carbons (Fsp3) is 1.00. The van der Waals surface area contributed by atoms with Gasteiger partial charge in [-0.1, -0.05) is 7.43 Å². The monoisotopic (exact) mass is 144 g/mol. The van der Waals surface area contributed by atoms with Gasteiger partial charge in [0.15, 0.2) is 0 Å². The number of hydrogen-bond acceptors (Lipinski definition) is 3. The van der Waals surface area contributed by atoms with Gasteiger partial charge in [-0.3, -0.25) is 0 Å². The van der Waals surface area contributed by atoms with E-state index in [-0.39, 0.29) is 7.43 Å². The molecule has 2 saturated heterocycles. The predicted octanol–water partition coefficient (Wildman–Crippen LogP) is -0.417. The fourth-order valence-corrected chi connectivity index (χ4v) is 1.49. The van der Waals surface area contributed by atoms with Gasteiger partial charge in [-0.25, -0.2) is 0 Å². The maximum Gasteiger partial charge on any atom is 0.0865 e. The molecule has 2 aliphatic rings. The number of ether oxygens (including phenoxy) is 1. The van der Waals surface area contributed by atoms with Crippen LogP contribution in [0.25, 0.3) is 0 Å². The Hall–Kier alpha value is -0.120. The van der Waals surface area contributed by atoms with Gasteiger partial charge in [-0.2, -0.15) is 0 Å². The van der Waals surface area contributed by atoms with E-state index in [1.165, 1.54) is 0 Å². The van der Waals surface area contributed by atoms with Crippen LogP contribution in [0, 0.1) is 0 Å². The first-order valence-electron chi connectivity index (χ1n) is 3.52. The van der Waals surface area contributed by atoms with E-state index in [4.69, 9.17) is 4.74 Å². The summed E-state index contributed by atoms with van der Waals surface area (Å²) in [5, 5.41) is 6.67. The Morgan fingerprint density at radius 2 is 2.20 bits per heavy atom. The van der Waals surface area contributed by atoms with Crippen LogP contribution in [-0.4, -0.2) is 38.4 Å². The largest absolute Gasteiger partial charge is 0.374 e. The summed E-state index contributed by atoms with van der Waals surface area (Å²) in [5.41, 5.74) is 0. The normalized spacial score (nSPS) is 38.4. The number of rotatable bonds is 0. The first-order chi connectivity index (χ1) is 4.47. The Morgan fingerprint density at radius 3 is 3.00 bits per heavy atom. The van der Waals surface area contributed by atoms with Gasteiger partial charge in [0.05, 0.1) is 12.7 Å². The molecule has 0 radical (unpaired) electrons. The zero-order valence-electron chi connectivity index (χ0n) is 5.39. The molecule has 2 heterocycles. The standard InChI is InChI=1S/C6H12N2O.CH4/c1-2-9-6-4-7-3-5(6)8-1;/h5-8H,1-4H2;1H4/t5-,6-;/m0./s1. The van der Waals surface area contributed by atoms with Crippen molar-refractivity contribution in [2.45, 2.75) is 19.6 Å². The van der Waals surface area contributed by atoms with E-state index in [0.717, 1.165) is 26.2 Å². The molecule has 3 nitrogen and oxygen atoms in total. The zero-order chi connectivity index (χ0) is 6.10. The van der Waals surface area contributed by atoms with Gasteiger partial charge in [0, 0.05) is 25.7 Å². The minimum absolute atomic E-state index is 0. The highest BCUT2D eigenvalue weighted by molar-refractivity contribution is 4.89. The molecular formula is C7H16N2O. The first kappa shape index (κ1) is 7.98. The molecular weight excluding hydrogens is 128 g/mol. The van der Waals surface area contributed by atoms with Crippen molar-refractivity contribution in [2.24, 2.45) is 0 Å². The van der Waals surface area contributed by atoms with Crippen LogP contribution in [0.1, 0.15) is 7.43 Å². The Kier molecular flexibility index (Phi) is 2.65. The summed E-state index contributed by atoms with van der Waals surface area (Å²) in [4.78, 5) is 0. The van der Waals surface area contributed by atoms with Crippen molar-refractivity contribution in [2.75, 3.05) is 26.2 Å². The molecule has 0 saturated carbocycles. The molecule has 0 bridgehead atoms. The van der Waals surface area contributed by atoms with Crippen molar-refractivity contribution in [3.8, 4) is 0 Å². The Bertz CT molecular complexity index is 95.8. The van der Waals surface area contributed by atoms with Gasteiger partial charge in [-0.05, 0) is 0 Å². The van der Waals surface area contributed by atoms with E-state index in [1.807, 2.05) is 0 Å². The second-order valence-electron chi connectivity index (χ2n) is 2.63. The zero-order valence-corrected chi connectivity index (χ0v) is 5.39. The predicted molar refractivity (Wildman–Crippen MR) is 41.1 cm³/mol. The number of morpholine rings is 1. The van der Waals surface area contributed by atoms with E-state index >= 15 is 0 Å². The van der Waals surface area contributed by atoms with Crippen LogP contribution in [0.2, 0.25) is 0 Å². The summed E-state index contributed by atoms with van der Waals surface area (Å²) in [5.74, 6) is 0. The number of fused-ring (bicyclic) bond motifs is 1. The quantitative estimate of drug-likeness (QED) is 0.484.